The van der Waals surface area contributed by atoms with E-state index in [4.69, 9.17) is 23.2 Å². The van der Waals surface area contributed by atoms with Crippen molar-refractivity contribution >= 4 is 175 Å². The lowest BCUT2D eigenvalue weighted by Crippen LogP contribution is -2.46. The average Bonchev–Trinajstić information content (AvgIpc) is 1.69. The largest absolute Gasteiger partial charge is 0.369 e. The minimum absolute atomic E-state index is 0.00342. The minimum atomic E-state index is -1.36. The summed E-state index contributed by atoms with van der Waals surface area (Å²) in [5.41, 5.74) is 4.40. The summed E-state index contributed by atoms with van der Waals surface area (Å²) in [7, 11) is 19.6. The summed E-state index contributed by atoms with van der Waals surface area (Å²) in [6.07, 6.45) is 16.0. The number of rotatable bonds is 44. The van der Waals surface area contributed by atoms with Gasteiger partial charge in [0, 0.05) is 209 Å². The standard InChI is InChI=1S/C87H107Cl2N31O15/c1-50(121)95-66-47-116(10)74(105-66)85(133)99-55-37-63(113(7)44-55)82(130)97-53-35-61(111(5)42-53)79(127)92-29-23-71(123)104-68-49-118(12)76(107-68)87(135)101-57-39-65(115(9)46-57)83(131)102-59(22-28-90-70(122)17-14-16-51-18-20-58(21-19-51)120(32-25-88)33-26-89)77(125)108-69-40-94-73(119(69)13)84(132)98-54-36-62(112(6)43-54)80(128)93-30-24-72(124)103-67-48-117(11)75(106-67)86(134)100-56-38-64(114(8)45-56)81(129)96-52-34-60(110(4)41-52)78(126)91-27-15-31-109(2)3/h18-21,34-49,59H,14-17,22-33H2,1-13H3,(H,90,122)(H,91,126)(H,92,127)(H,93,128)(H,95,121)(H,96,129)(H,97,130)(H,98,132)(H,99,133)(H,100,134)(H,101,135)(H,102,131)(H,103,124)(H,104,123)(H,108,125)/t59-/m1/s1. The Balaban J connectivity index is 0.649. The normalized spacial score (nSPS) is 11.3. The molecule has 0 radical (unpaired) electrons. The van der Waals surface area contributed by atoms with Gasteiger partial charge >= 0.3 is 0 Å². The van der Waals surface area contributed by atoms with Crippen LogP contribution >= 0.6 is 23.2 Å². The second-order valence-electron chi connectivity index (χ2n) is 32.0. The highest BCUT2D eigenvalue weighted by molar-refractivity contribution is 6.19. The molecular formula is C87H107Cl2N31O15. The SMILES string of the molecule is CC(=O)Nc1cn(C)c(C(=O)Nc2cc(C(=O)Nc3cc(C(=O)NCCC(=O)Nc4cn(C)c(C(=O)Nc5cc(C(=O)N[C@H](CCNC(=O)CCCc6ccc(N(CCCl)CCCl)cc6)C(=O)Nc6cnc(C(=O)Nc7cc(C(=O)NCCC(=O)Nc8cn(C)c(C(=O)Nc9cc(C(=O)Nc%10cc(C(=O)NCCCN(C)C)n(C)c%10)n(C)c9)n8)n(C)c7)n6C)n(C)c5)n4)n(C)c3)n(C)c2)n1. The van der Waals surface area contributed by atoms with E-state index in [2.05, 4.69) is 105 Å². The highest BCUT2D eigenvalue weighted by atomic mass is 35.5. The van der Waals surface area contributed by atoms with Gasteiger partial charge in [-0.05, 0) is 100 Å². The molecule has 48 heteroatoms. The number of amides is 15. The lowest BCUT2D eigenvalue weighted by atomic mass is 10.1. The quantitative estimate of drug-likeness (QED) is 0.0179. The fourth-order valence-corrected chi connectivity index (χ4v) is 14.7. The summed E-state index contributed by atoms with van der Waals surface area (Å²) in [6.45, 7) is 3.48. The lowest BCUT2D eigenvalue weighted by Gasteiger charge is -2.23. The molecule has 11 rings (SSSR count). The molecule has 15 N–H and O–H groups in total. The third kappa shape index (κ3) is 26.7. The first-order valence-corrected chi connectivity index (χ1v) is 43.5. The van der Waals surface area contributed by atoms with Crippen molar-refractivity contribution in [2.45, 2.75) is 57.9 Å². The van der Waals surface area contributed by atoms with Crippen LogP contribution in [-0.2, 0) is 101 Å². The molecule has 10 aromatic heterocycles. The van der Waals surface area contributed by atoms with Crippen LogP contribution < -0.4 is 84.7 Å². The number of halogens is 2. The first-order chi connectivity index (χ1) is 64.3. The van der Waals surface area contributed by atoms with Gasteiger partial charge in [0.25, 0.3) is 59.1 Å². The highest BCUT2D eigenvalue weighted by Crippen LogP contribution is 2.26. The Hall–Kier alpha value is -15.9. The van der Waals surface area contributed by atoms with Gasteiger partial charge in [0.15, 0.2) is 17.5 Å². The maximum atomic E-state index is 14.5. The van der Waals surface area contributed by atoms with Gasteiger partial charge in [-0.2, -0.15) is 0 Å². The first-order valence-electron chi connectivity index (χ1n) is 42.5. The summed E-state index contributed by atoms with van der Waals surface area (Å²) in [6, 6.07) is 15.2. The van der Waals surface area contributed by atoms with E-state index < -0.39 is 76.9 Å². The van der Waals surface area contributed by atoms with Gasteiger partial charge in [0.1, 0.15) is 46.0 Å². The molecule has 1 aromatic carbocycles. The number of nitrogens with zero attached hydrogens (tertiary/aromatic N) is 16. The zero-order valence-corrected chi connectivity index (χ0v) is 78.0. The Kier molecular flexibility index (Phi) is 33.5. The number of alkyl halides is 2. The summed E-state index contributed by atoms with van der Waals surface area (Å²) in [5, 5.41) is 40.6. The summed E-state index contributed by atoms with van der Waals surface area (Å²) < 4.78 is 14.4. The Bertz CT molecular complexity index is 6290. The molecule has 0 saturated carbocycles. The van der Waals surface area contributed by atoms with Crippen LogP contribution in [0.3, 0.4) is 0 Å². The van der Waals surface area contributed by atoms with Gasteiger partial charge < -0.3 is 135 Å². The van der Waals surface area contributed by atoms with Gasteiger partial charge in [0.2, 0.25) is 52.8 Å². The Morgan fingerprint density at radius 3 is 1.11 bits per heavy atom. The Morgan fingerprint density at radius 1 is 0.363 bits per heavy atom. The van der Waals surface area contributed by atoms with Crippen molar-refractivity contribution in [1.82, 2.24) is 97.1 Å². The van der Waals surface area contributed by atoms with E-state index in [-0.39, 0.29) is 167 Å². The van der Waals surface area contributed by atoms with E-state index in [1.54, 1.807) is 66.2 Å². The predicted octanol–water partition coefficient (Wildman–Crippen LogP) is 4.87. The van der Waals surface area contributed by atoms with Gasteiger partial charge in [0.05, 0.1) is 40.3 Å². The zero-order chi connectivity index (χ0) is 97.8. The number of aromatic nitrogens is 14. The number of hydrogen-bond acceptors (Lipinski definition) is 21. The number of carbonyl (C=O) groups excluding carboxylic acids is 15. The number of aryl methyl sites for hydroxylation is 10. The number of anilines is 11. The van der Waals surface area contributed by atoms with Crippen molar-refractivity contribution in [2.75, 3.05) is 130 Å². The lowest BCUT2D eigenvalue weighted by molar-refractivity contribution is -0.122. The summed E-state index contributed by atoms with van der Waals surface area (Å²) in [5.74, 6) is -7.94. The molecule has 135 heavy (non-hydrogen) atoms. The first kappa shape index (κ1) is 99.7. The van der Waals surface area contributed by atoms with Crippen molar-refractivity contribution in [2.24, 2.45) is 70.5 Å². The number of nitrogens with one attached hydrogen (secondary N) is 15. The molecule has 11 aromatic rings. The van der Waals surface area contributed by atoms with Crippen LogP contribution in [0.5, 0.6) is 0 Å². The highest BCUT2D eigenvalue weighted by Gasteiger charge is 2.30. The number of benzene rings is 1. The van der Waals surface area contributed by atoms with E-state index in [1.807, 2.05) is 43.3 Å². The van der Waals surface area contributed by atoms with Crippen LogP contribution in [0.25, 0.3) is 0 Å². The predicted molar refractivity (Wildman–Crippen MR) is 505 cm³/mol. The van der Waals surface area contributed by atoms with Crippen molar-refractivity contribution in [1.29, 1.82) is 0 Å². The third-order valence-electron chi connectivity index (χ3n) is 21.1. The third-order valence-corrected chi connectivity index (χ3v) is 21.4. The average molecular weight is 1900 g/mol. The second kappa shape index (κ2) is 45.3. The maximum Gasteiger partial charge on any atom is 0.291 e. The molecule has 0 spiro atoms. The molecule has 15 amide bonds. The summed E-state index contributed by atoms with van der Waals surface area (Å²) >= 11 is 12.1. The van der Waals surface area contributed by atoms with E-state index in [0.717, 1.165) is 24.2 Å². The number of hydrogen-bond donors (Lipinski definition) is 15. The van der Waals surface area contributed by atoms with Crippen LogP contribution in [0.15, 0.2) is 123 Å². The van der Waals surface area contributed by atoms with E-state index >= 15 is 0 Å². The Morgan fingerprint density at radius 2 is 0.726 bits per heavy atom. The fraction of sp³-hybridized carbons (Fsp3) is 0.345. The molecule has 0 saturated heterocycles. The molecule has 0 unspecified atom stereocenters. The molecule has 0 aliphatic carbocycles. The van der Waals surface area contributed by atoms with E-state index in [0.29, 0.717) is 55.6 Å². The molecule has 0 fully saturated rings. The van der Waals surface area contributed by atoms with Crippen molar-refractivity contribution in [3.63, 3.8) is 0 Å². The Labute approximate surface area is 783 Å². The fourth-order valence-electron chi connectivity index (χ4n) is 14.3. The van der Waals surface area contributed by atoms with Gasteiger partial charge in [-0.25, -0.2) is 19.9 Å². The van der Waals surface area contributed by atoms with E-state index in [9.17, 15) is 71.9 Å². The number of carbonyl (C=O) groups is 15. The molecule has 46 nitrogen and oxygen atoms in total. The monoisotopic (exact) mass is 1900 g/mol. The van der Waals surface area contributed by atoms with Gasteiger partial charge in [-0.15, -0.1) is 23.2 Å². The van der Waals surface area contributed by atoms with Gasteiger partial charge in [-0.1, -0.05) is 12.1 Å². The van der Waals surface area contributed by atoms with Crippen LogP contribution in [0.2, 0.25) is 0 Å². The van der Waals surface area contributed by atoms with E-state index in [1.165, 1.54) is 155 Å². The molecule has 0 bridgehead atoms. The van der Waals surface area contributed by atoms with Crippen LogP contribution in [-0.4, -0.2) is 237 Å². The molecular weight excluding hydrogens is 1790 g/mol. The van der Waals surface area contributed by atoms with Gasteiger partial charge in [-0.3, -0.25) is 71.9 Å². The molecule has 10 heterocycles. The van der Waals surface area contributed by atoms with Crippen molar-refractivity contribution in [3.05, 3.63) is 186 Å². The molecule has 1 atom stereocenters. The minimum Gasteiger partial charge on any atom is -0.369 e. The van der Waals surface area contributed by atoms with Crippen LogP contribution in [0.4, 0.5) is 63.1 Å². The van der Waals surface area contributed by atoms with Crippen LogP contribution in [0, 0.1) is 0 Å². The smallest absolute Gasteiger partial charge is 0.291 e. The summed E-state index contributed by atoms with van der Waals surface area (Å²) in [4.78, 5) is 222. The molecule has 0 aliphatic rings. The van der Waals surface area contributed by atoms with Crippen LogP contribution in [0.1, 0.15) is 156 Å². The number of imidazole rings is 4. The topological polar surface area (TPSA) is 544 Å². The maximum absolute atomic E-state index is 14.5. The zero-order valence-electron chi connectivity index (χ0n) is 76.5. The molecule has 0 aliphatic heterocycles. The second-order valence-corrected chi connectivity index (χ2v) is 32.8. The molecule has 714 valence electrons. The van der Waals surface area contributed by atoms with Crippen molar-refractivity contribution in [3.8, 4) is 0 Å². The van der Waals surface area contributed by atoms with Crippen molar-refractivity contribution < 1.29 is 71.9 Å².